The van der Waals surface area contributed by atoms with E-state index in [-0.39, 0.29) is 36.4 Å². The highest BCUT2D eigenvalue weighted by atomic mass is 16.5. The van der Waals surface area contributed by atoms with E-state index in [1.807, 2.05) is 55.8 Å². The largest absolute Gasteiger partial charge is 0.496 e. The number of hydrogen-bond acceptors (Lipinski definition) is 9. The number of carbonyl (C=O) groups is 3. The van der Waals surface area contributed by atoms with Crippen LogP contribution in [0.1, 0.15) is 58.1 Å². The fourth-order valence-electron chi connectivity index (χ4n) is 6.15. The first kappa shape index (κ1) is 33.7. The Balaban J connectivity index is 1.36. The van der Waals surface area contributed by atoms with Crippen molar-refractivity contribution in [2.45, 2.75) is 72.0 Å². The third-order valence-electron chi connectivity index (χ3n) is 9.12. The van der Waals surface area contributed by atoms with Gasteiger partial charge < -0.3 is 24.8 Å². The monoisotopic (exact) mass is 639 g/mol. The maximum Gasteiger partial charge on any atom is 0.227 e. The SMILES string of the molecule is CN[C@@H](C)C(=O)C[C@H](C(=O)N1CCC[C@H]1C(=O)Cc1cc2c(Nc3ccc(Cn4ccnc4)cc3)ncnc2cc1OC)C(C)(C)C. The van der Waals surface area contributed by atoms with E-state index in [9.17, 15) is 14.4 Å². The van der Waals surface area contributed by atoms with Gasteiger partial charge in [-0.15, -0.1) is 0 Å². The molecule has 47 heavy (non-hydrogen) atoms. The van der Waals surface area contributed by atoms with E-state index in [1.165, 1.54) is 6.33 Å². The summed E-state index contributed by atoms with van der Waals surface area (Å²) in [6.07, 6.45) is 8.51. The van der Waals surface area contributed by atoms with E-state index >= 15 is 0 Å². The van der Waals surface area contributed by atoms with Gasteiger partial charge in [0.1, 0.15) is 23.7 Å². The van der Waals surface area contributed by atoms with E-state index < -0.39 is 17.4 Å². The molecule has 3 atom stereocenters. The number of amides is 1. The molecule has 0 aliphatic carbocycles. The van der Waals surface area contributed by atoms with Crippen molar-refractivity contribution < 1.29 is 19.1 Å². The molecule has 2 N–H and O–H groups in total. The molecule has 248 valence electrons. The van der Waals surface area contributed by atoms with E-state index in [2.05, 4.69) is 37.7 Å². The number of nitrogens with one attached hydrogen (secondary N) is 2. The summed E-state index contributed by atoms with van der Waals surface area (Å²) in [4.78, 5) is 55.5. The number of aromatic nitrogens is 4. The average molecular weight is 640 g/mol. The van der Waals surface area contributed by atoms with Crippen molar-refractivity contribution >= 4 is 39.9 Å². The fourth-order valence-corrected chi connectivity index (χ4v) is 6.15. The van der Waals surface area contributed by atoms with Crippen molar-refractivity contribution in [1.29, 1.82) is 0 Å². The highest BCUT2D eigenvalue weighted by molar-refractivity contribution is 5.96. The Morgan fingerprint density at radius 2 is 1.87 bits per heavy atom. The van der Waals surface area contributed by atoms with Gasteiger partial charge in [-0.1, -0.05) is 32.9 Å². The molecule has 0 unspecified atom stereocenters. The number of Topliss-reactive ketones (excluding diaryl/α,β-unsaturated/α-hetero) is 2. The number of likely N-dealkylation sites (tertiary alicyclic amines) is 1. The number of hydrogen-bond donors (Lipinski definition) is 2. The number of likely N-dealkylation sites (N-methyl/N-ethyl adjacent to an activating group) is 1. The Bertz CT molecular complexity index is 1710. The van der Waals surface area contributed by atoms with E-state index in [0.717, 1.165) is 29.6 Å². The van der Waals surface area contributed by atoms with Crippen molar-refractivity contribution in [1.82, 2.24) is 29.7 Å². The molecular weight excluding hydrogens is 594 g/mol. The standard InChI is InChI=1S/C36H45N7O4/c1-23(37-5)31(44)18-28(36(2,3)4)35(46)43-14-7-8-30(43)32(45)17-25-16-27-29(19-33(25)47-6)39-21-40-34(27)41-26-11-9-24(10-12-26)20-42-15-13-38-22-42/h9-13,15-16,19,21-23,28,30,37H,7-8,14,17-18,20H2,1-6H3,(H,39,40,41)/t23-,28+,30-/m0/s1. The zero-order chi connectivity index (χ0) is 33.7. The summed E-state index contributed by atoms with van der Waals surface area (Å²) >= 11 is 0. The minimum Gasteiger partial charge on any atom is -0.496 e. The molecule has 0 bridgehead atoms. The predicted octanol–water partition coefficient (Wildman–Crippen LogP) is 4.96. The second kappa shape index (κ2) is 14.4. The third-order valence-corrected chi connectivity index (χ3v) is 9.12. The number of fused-ring (bicyclic) bond motifs is 1. The molecular formula is C36H45N7O4. The molecule has 0 radical (unpaired) electrons. The van der Waals surface area contributed by atoms with Crippen LogP contribution in [0.4, 0.5) is 11.5 Å². The first-order chi connectivity index (χ1) is 22.5. The zero-order valence-electron chi connectivity index (χ0n) is 28.1. The Hall–Kier alpha value is -4.64. The minimum atomic E-state index is -0.560. The summed E-state index contributed by atoms with van der Waals surface area (Å²) in [5, 5.41) is 7.13. The molecule has 1 aliphatic heterocycles. The molecule has 5 rings (SSSR count). The number of ether oxygens (including phenoxy) is 1. The molecule has 2 aromatic carbocycles. The van der Waals surface area contributed by atoms with Gasteiger partial charge in [0.25, 0.3) is 0 Å². The number of benzene rings is 2. The molecule has 11 heteroatoms. The van der Waals surface area contributed by atoms with Gasteiger partial charge in [-0.2, -0.15) is 0 Å². The fraction of sp³-hybridized carbons (Fsp3) is 0.444. The first-order valence-corrected chi connectivity index (χ1v) is 16.1. The lowest BCUT2D eigenvalue weighted by molar-refractivity contribution is -0.145. The van der Waals surface area contributed by atoms with Crippen molar-refractivity contribution in [3.05, 3.63) is 72.6 Å². The molecule has 1 saturated heterocycles. The van der Waals surface area contributed by atoms with Crippen LogP contribution >= 0.6 is 0 Å². The number of carbonyl (C=O) groups excluding carboxylic acids is 3. The number of anilines is 2. The second-order valence-electron chi connectivity index (χ2n) is 13.4. The van der Waals surface area contributed by atoms with Gasteiger partial charge in [0, 0.05) is 66.9 Å². The van der Waals surface area contributed by atoms with Crippen LogP contribution in [0.2, 0.25) is 0 Å². The Kier molecular flexibility index (Phi) is 10.3. The maximum atomic E-state index is 14.0. The van der Waals surface area contributed by atoms with Gasteiger partial charge in [0.2, 0.25) is 5.91 Å². The summed E-state index contributed by atoms with van der Waals surface area (Å²) in [5.74, 6) is 0.428. The lowest BCUT2D eigenvalue weighted by Gasteiger charge is -2.35. The number of ketones is 2. The molecule has 1 amide bonds. The summed E-state index contributed by atoms with van der Waals surface area (Å²) in [7, 11) is 3.31. The molecule has 1 fully saturated rings. The molecule has 1 aliphatic rings. The van der Waals surface area contributed by atoms with E-state index in [0.29, 0.717) is 35.6 Å². The minimum absolute atomic E-state index is 0.0131. The Labute approximate surface area is 276 Å². The average Bonchev–Trinajstić information content (AvgIpc) is 3.76. The number of imidazole rings is 1. The Morgan fingerprint density at radius 3 is 2.53 bits per heavy atom. The molecule has 4 aromatic rings. The normalized spacial score (nSPS) is 16.2. The van der Waals surface area contributed by atoms with Gasteiger partial charge in [-0.05, 0) is 56.0 Å². The Morgan fingerprint density at radius 1 is 1.11 bits per heavy atom. The van der Waals surface area contributed by atoms with Crippen LogP contribution in [0, 0.1) is 11.3 Å². The quantitative estimate of drug-likeness (QED) is 0.208. The van der Waals surface area contributed by atoms with E-state index in [4.69, 9.17) is 4.74 Å². The number of nitrogens with zero attached hydrogens (tertiary/aromatic N) is 5. The summed E-state index contributed by atoms with van der Waals surface area (Å²) < 4.78 is 7.71. The van der Waals surface area contributed by atoms with Crippen LogP contribution in [-0.2, 0) is 27.3 Å². The molecule has 2 aromatic heterocycles. The lowest BCUT2D eigenvalue weighted by atomic mass is 9.76. The number of methoxy groups -OCH3 is 1. The predicted molar refractivity (Wildman–Crippen MR) is 182 cm³/mol. The number of rotatable bonds is 13. The lowest BCUT2D eigenvalue weighted by Crippen LogP contribution is -2.48. The van der Waals surface area contributed by atoms with Crippen LogP contribution in [0.25, 0.3) is 10.9 Å². The molecule has 3 heterocycles. The summed E-state index contributed by atoms with van der Waals surface area (Å²) in [6.45, 7) is 8.95. The van der Waals surface area contributed by atoms with Gasteiger partial charge in [-0.25, -0.2) is 15.0 Å². The van der Waals surface area contributed by atoms with Crippen LogP contribution in [0.3, 0.4) is 0 Å². The van der Waals surface area contributed by atoms with E-state index in [1.54, 1.807) is 38.5 Å². The highest BCUT2D eigenvalue weighted by Gasteiger charge is 2.42. The summed E-state index contributed by atoms with van der Waals surface area (Å²) in [6, 6.07) is 10.9. The van der Waals surface area contributed by atoms with Gasteiger partial charge in [0.05, 0.1) is 31.0 Å². The molecule has 11 nitrogen and oxygen atoms in total. The third kappa shape index (κ3) is 7.85. The van der Waals surface area contributed by atoms with Crippen LogP contribution in [-0.4, -0.2) is 74.7 Å². The second-order valence-corrected chi connectivity index (χ2v) is 13.4. The van der Waals surface area contributed by atoms with Crippen LogP contribution in [0.5, 0.6) is 5.75 Å². The van der Waals surface area contributed by atoms with Crippen LogP contribution in [0.15, 0.2) is 61.4 Å². The topological polar surface area (TPSA) is 131 Å². The highest BCUT2D eigenvalue weighted by Crippen LogP contribution is 2.35. The molecule has 0 spiro atoms. The van der Waals surface area contributed by atoms with Crippen molar-refractivity contribution in [2.75, 3.05) is 26.0 Å². The van der Waals surface area contributed by atoms with Crippen LogP contribution < -0.4 is 15.4 Å². The maximum absolute atomic E-state index is 14.0. The van der Waals surface area contributed by atoms with Gasteiger partial charge in [-0.3, -0.25) is 14.4 Å². The van der Waals surface area contributed by atoms with Crippen molar-refractivity contribution in [2.24, 2.45) is 11.3 Å². The first-order valence-electron chi connectivity index (χ1n) is 16.1. The van der Waals surface area contributed by atoms with Gasteiger partial charge in [0.15, 0.2) is 5.78 Å². The summed E-state index contributed by atoms with van der Waals surface area (Å²) in [5.41, 5.74) is 2.94. The zero-order valence-corrected chi connectivity index (χ0v) is 28.1. The van der Waals surface area contributed by atoms with Crippen molar-refractivity contribution in [3.8, 4) is 5.75 Å². The van der Waals surface area contributed by atoms with Gasteiger partial charge >= 0.3 is 0 Å². The molecule has 0 saturated carbocycles. The van der Waals surface area contributed by atoms with Crippen molar-refractivity contribution in [3.63, 3.8) is 0 Å². The smallest absolute Gasteiger partial charge is 0.227 e.